The van der Waals surface area contributed by atoms with E-state index in [0.29, 0.717) is 0 Å². The first kappa shape index (κ1) is 13.1. The lowest BCUT2D eigenvalue weighted by Crippen LogP contribution is -2.31. The number of hydrogen-bond acceptors (Lipinski definition) is 2. The molecule has 1 saturated carbocycles. The van der Waals surface area contributed by atoms with Crippen LogP contribution in [0.2, 0.25) is 0 Å². The van der Waals surface area contributed by atoms with Gasteiger partial charge in [0.05, 0.1) is 5.56 Å². The van der Waals surface area contributed by atoms with Gasteiger partial charge in [0, 0.05) is 0 Å². The van der Waals surface area contributed by atoms with Crippen molar-refractivity contribution in [1.29, 1.82) is 0 Å². The third kappa shape index (κ3) is 2.75. The zero-order valence-corrected chi connectivity index (χ0v) is 10.0. The van der Waals surface area contributed by atoms with Crippen molar-refractivity contribution in [3.05, 3.63) is 35.4 Å². The number of Topliss-reactive ketones (excluding diaryl/α,β-unsaturated/α-hetero) is 1. The van der Waals surface area contributed by atoms with Crippen molar-refractivity contribution in [2.24, 2.45) is 5.92 Å². The Morgan fingerprint density at radius 3 is 2.56 bits per heavy atom. The van der Waals surface area contributed by atoms with Crippen LogP contribution in [-0.4, -0.2) is 17.0 Å². The average Bonchev–Trinajstić information content (AvgIpc) is 2.41. The Labute approximate surface area is 105 Å². The van der Waals surface area contributed by atoms with Crippen LogP contribution in [0.25, 0.3) is 0 Å². The maximum absolute atomic E-state index is 13.4. The van der Waals surface area contributed by atoms with Gasteiger partial charge in [-0.05, 0) is 37.0 Å². The third-order valence-corrected chi connectivity index (χ3v) is 3.56. The Morgan fingerprint density at radius 2 is 1.89 bits per heavy atom. The van der Waals surface area contributed by atoms with Gasteiger partial charge in [0.25, 0.3) is 0 Å². The summed E-state index contributed by atoms with van der Waals surface area (Å²) in [4.78, 5) is 12.0. The molecule has 4 heteroatoms. The van der Waals surface area contributed by atoms with E-state index >= 15 is 0 Å². The molecule has 0 aromatic heterocycles. The molecule has 0 saturated heterocycles. The number of rotatable bonds is 3. The molecule has 2 rings (SSSR count). The van der Waals surface area contributed by atoms with E-state index in [-0.39, 0.29) is 11.5 Å². The number of benzene rings is 1. The lowest BCUT2D eigenvalue weighted by atomic mass is 9.82. The Morgan fingerprint density at radius 1 is 1.22 bits per heavy atom. The smallest absolute Gasteiger partial charge is 0.194 e. The highest BCUT2D eigenvalue weighted by Crippen LogP contribution is 2.28. The van der Waals surface area contributed by atoms with Gasteiger partial charge in [-0.3, -0.25) is 4.79 Å². The molecule has 98 valence electrons. The SMILES string of the molecule is O=C(c1cc(F)ccc1F)C(O)C1CCCCC1. The molecule has 0 spiro atoms. The quantitative estimate of drug-likeness (QED) is 0.842. The zero-order chi connectivity index (χ0) is 13.1. The van der Waals surface area contributed by atoms with E-state index in [2.05, 4.69) is 0 Å². The molecule has 1 N–H and O–H groups in total. The summed E-state index contributed by atoms with van der Waals surface area (Å²) in [6.45, 7) is 0. The number of carbonyl (C=O) groups is 1. The van der Waals surface area contributed by atoms with Crippen LogP contribution in [-0.2, 0) is 0 Å². The second-order valence-electron chi connectivity index (χ2n) is 4.83. The molecule has 1 aliphatic rings. The number of aliphatic hydroxyl groups is 1. The highest BCUT2D eigenvalue weighted by atomic mass is 19.1. The summed E-state index contributed by atoms with van der Waals surface area (Å²) < 4.78 is 26.5. The van der Waals surface area contributed by atoms with Gasteiger partial charge in [0.2, 0.25) is 0 Å². The maximum atomic E-state index is 13.4. The van der Waals surface area contributed by atoms with E-state index in [4.69, 9.17) is 0 Å². The van der Waals surface area contributed by atoms with Crippen LogP contribution in [0.5, 0.6) is 0 Å². The molecule has 1 aromatic carbocycles. The molecular weight excluding hydrogens is 238 g/mol. The second kappa shape index (κ2) is 5.57. The molecule has 0 aliphatic heterocycles. The molecule has 1 fully saturated rings. The Kier molecular flexibility index (Phi) is 4.07. The van der Waals surface area contributed by atoms with E-state index < -0.39 is 23.5 Å². The van der Waals surface area contributed by atoms with Crippen molar-refractivity contribution in [2.45, 2.75) is 38.2 Å². The molecule has 1 aliphatic carbocycles. The molecule has 1 atom stereocenters. The van der Waals surface area contributed by atoms with Crippen molar-refractivity contribution < 1.29 is 18.7 Å². The van der Waals surface area contributed by atoms with Gasteiger partial charge < -0.3 is 5.11 Å². The van der Waals surface area contributed by atoms with E-state index in [1.54, 1.807) is 0 Å². The molecule has 0 heterocycles. The molecule has 0 bridgehead atoms. The summed E-state index contributed by atoms with van der Waals surface area (Å²) in [5.74, 6) is -2.29. The monoisotopic (exact) mass is 254 g/mol. The number of carbonyl (C=O) groups excluding carboxylic acids is 1. The number of ketones is 1. The predicted molar refractivity (Wildman–Crippen MR) is 63.3 cm³/mol. The maximum Gasteiger partial charge on any atom is 0.194 e. The lowest BCUT2D eigenvalue weighted by molar-refractivity contribution is 0.0530. The van der Waals surface area contributed by atoms with Crippen LogP contribution in [0.4, 0.5) is 8.78 Å². The number of aliphatic hydroxyl groups excluding tert-OH is 1. The summed E-state index contributed by atoms with van der Waals surface area (Å²) in [7, 11) is 0. The Bertz CT molecular complexity index is 439. The fraction of sp³-hybridized carbons (Fsp3) is 0.500. The van der Waals surface area contributed by atoms with Crippen LogP contribution in [0.3, 0.4) is 0 Å². The average molecular weight is 254 g/mol. The summed E-state index contributed by atoms with van der Waals surface area (Å²) in [6.07, 6.45) is 3.36. The van der Waals surface area contributed by atoms with Gasteiger partial charge >= 0.3 is 0 Å². The van der Waals surface area contributed by atoms with Crippen molar-refractivity contribution >= 4 is 5.78 Å². The lowest BCUT2D eigenvalue weighted by Gasteiger charge is -2.25. The molecule has 1 unspecified atom stereocenters. The fourth-order valence-corrected chi connectivity index (χ4v) is 2.51. The van der Waals surface area contributed by atoms with Gasteiger partial charge in [-0.1, -0.05) is 19.3 Å². The molecule has 1 aromatic rings. The third-order valence-electron chi connectivity index (χ3n) is 3.56. The highest BCUT2D eigenvalue weighted by molar-refractivity contribution is 5.99. The van der Waals surface area contributed by atoms with E-state index in [1.165, 1.54) is 0 Å². The van der Waals surface area contributed by atoms with Gasteiger partial charge in [-0.2, -0.15) is 0 Å². The topological polar surface area (TPSA) is 37.3 Å². The minimum atomic E-state index is -1.22. The van der Waals surface area contributed by atoms with Crippen molar-refractivity contribution in [3.63, 3.8) is 0 Å². The molecule has 18 heavy (non-hydrogen) atoms. The number of halogens is 2. The van der Waals surface area contributed by atoms with E-state index in [1.807, 2.05) is 0 Å². The minimum absolute atomic E-state index is 0.131. The van der Waals surface area contributed by atoms with E-state index in [9.17, 15) is 18.7 Å². The zero-order valence-electron chi connectivity index (χ0n) is 10.0. The second-order valence-corrected chi connectivity index (χ2v) is 4.83. The van der Waals surface area contributed by atoms with Crippen molar-refractivity contribution in [1.82, 2.24) is 0 Å². The van der Waals surface area contributed by atoms with Crippen LogP contribution < -0.4 is 0 Å². The molecule has 0 amide bonds. The first-order chi connectivity index (χ1) is 8.59. The van der Waals surface area contributed by atoms with E-state index in [0.717, 1.165) is 50.3 Å². The van der Waals surface area contributed by atoms with Gasteiger partial charge in [0.1, 0.15) is 17.7 Å². The normalized spacial score (nSPS) is 18.6. The highest BCUT2D eigenvalue weighted by Gasteiger charge is 2.29. The number of hydrogen-bond donors (Lipinski definition) is 1. The minimum Gasteiger partial charge on any atom is -0.385 e. The Hall–Kier alpha value is -1.29. The summed E-state index contributed by atoms with van der Waals surface area (Å²) in [5, 5.41) is 9.97. The molecule has 0 radical (unpaired) electrons. The van der Waals surface area contributed by atoms with Gasteiger partial charge in [-0.15, -0.1) is 0 Å². The first-order valence-electron chi connectivity index (χ1n) is 6.27. The van der Waals surface area contributed by atoms with Crippen LogP contribution in [0, 0.1) is 17.6 Å². The van der Waals surface area contributed by atoms with Crippen molar-refractivity contribution in [2.75, 3.05) is 0 Å². The standard InChI is InChI=1S/C14H16F2O2/c15-10-6-7-12(16)11(8-10)14(18)13(17)9-4-2-1-3-5-9/h6-9,13,17H,1-5H2. The van der Waals surface area contributed by atoms with Crippen LogP contribution in [0.1, 0.15) is 42.5 Å². The van der Waals surface area contributed by atoms with Crippen LogP contribution >= 0.6 is 0 Å². The summed E-state index contributed by atoms with van der Waals surface area (Å²) in [5.41, 5.74) is -0.354. The molecular formula is C14H16F2O2. The van der Waals surface area contributed by atoms with Crippen LogP contribution in [0.15, 0.2) is 18.2 Å². The van der Waals surface area contributed by atoms with Crippen molar-refractivity contribution in [3.8, 4) is 0 Å². The first-order valence-corrected chi connectivity index (χ1v) is 6.27. The predicted octanol–water partition coefficient (Wildman–Crippen LogP) is 3.09. The van der Waals surface area contributed by atoms with Gasteiger partial charge in [-0.25, -0.2) is 8.78 Å². The summed E-state index contributed by atoms with van der Waals surface area (Å²) >= 11 is 0. The Balaban J connectivity index is 2.16. The summed E-state index contributed by atoms with van der Waals surface area (Å²) in [6, 6.07) is 2.72. The largest absolute Gasteiger partial charge is 0.385 e. The fourth-order valence-electron chi connectivity index (χ4n) is 2.51. The van der Waals surface area contributed by atoms with Gasteiger partial charge in [0.15, 0.2) is 5.78 Å². The molecule has 2 nitrogen and oxygen atoms in total.